The fourth-order valence-electron chi connectivity index (χ4n) is 1.94. The summed E-state index contributed by atoms with van der Waals surface area (Å²) in [6.45, 7) is 8.33. The Labute approximate surface area is 104 Å². The second-order valence-electron chi connectivity index (χ2n) is 4.66. The second kappa shape index (κ2) is 6.72. The lowest BCUT2D eigenvalue weighted by atomic mass is 10.1. The molecule has 1 aromatic carbocycles. The number of nitrogens with two attached hydrogens (primary N) is 1. The lowest BCUT2D eigenvalue weighted by Gasteiger charge is -2.26. The van der Waals surface area contributed by atoms with Gasteiger partial charge >= 0.3 is 0 Å². The maximum Gasteiger partial charge on any atom is 0.132 e. The van der Waals surface area contributed by atoms with Gasteiger partial charge in [0.25, 0.3) is 0 Å². The van der Waals surface area contributed by atoms with Crippen molar-refractivity contribution in [3.05, 3.63) is 35.1 Å². The number of hydrogen-bond acceptors (Lipinski definition) is 2. The molecule has 0 saturated carbocycles. The van der Waals surface area contributed by atoms with Crippen molar-refractivity contribution in [2.75, 3.05) is 6.54 Å². The molecule has 3 heteroatoms. The van der Waals surface area contributed by atoms with Gasteiger partial charge in [0.05, 0.1) is 0 Å². The van der Waals surface area contributed by atoms with Gasteiger partial charge in [-0.05, 0) is 26.8 Å². The minimum atomic E-state index is -0.142. The predicted octanol–water partition coefficient (Wildman–Crippen LogP) is 2.90. The molecule has 1 rings (SSSR count). The highest BCUT2D eigenvalue weighted by molar-refractivity contribution is 5.25. The van der Waals surface area contributed by atoms with Crippen LogP contribution < -0.4 is 5.73 Å². The molecule has 0 aliphatic rings. The minimum Gasteiger partial charge on any atom is -0.326 e. The van der Waals surface area contributed by atoms with Crippen LogP contribution in [-0.4, -0.2) is 17.5 Å². The van der Waals surface area contributed by atoms with Crippen LogP contribution in [-0.2, 0) is 13.1 Å². The van der Waals surface area contributed by atoms with Crippen molar-refractivity contribution in [3.8, 4) is 0 Å². The molecule has 2 nitrogen and oxygen atoms in total. The molecule has 0 atom stereocenters. The molecule has 0 aliphatic heterocycles. The van der Waals surface area contributed by atoms with E-state index >= 15 is 0 Å². The first kappa shape index (κ1) is 14.1. The van der Waals surface area contributed by atoms with Crippen LogP contribution >= 0.6 is 0 Å². The Morgan fingerprint density at radius 3 is 2.47 bits per heavy atom. The number of hydrogen-bond donors (Lipinski definition) is 1. The number of nitrogens with zero attached hydrogens (tertiary/aromatic N) is 1. The number of halogens is 1. The summed E-state index contributed by atoms with van der Waals surface area (Å²) in [5.74, 6) is -0.142. The molecule has 0 spiro atoms. The maximum atomic E-state index is 14.0. The van der Waals surface area contributed by atoms with Crippen LogP contribution in [0.5, 0.6) is 0 Å². The molecule has 2 N–H and O–H groups in total. The van der Waals surface area contributed by atoms with Gasteiger partial charge in [0.15, 0.2) is 0 Å². The highest BCUT2D eigenvalue weighted by Gasteiger charge is 2.13. The van der Waals surface area contributed by atoms with Crippen LogP contribution in [0.15, 0.2) is 18.2 Å². The minimum absolute atomic E-state index is 0.142. The van der Waals surface area contributed by atoms with E-state index in [0.717, 1.165) is 18.5 Å². The molecule has 0 radical (unpaired) electrons. The van der Waals surface area contributed by atoms with Gasteiger partial charge in [-0.3, -0.25) is 4.90 Å². The maximum absolute atomic E-state index is 14.0. The highest BCUT2D eigenvalue weighted by Crippen LogP contribution is 2.16. The normalized spacial score (nSPS) is 11.5. The van der Waals surface area contributed by atoms with Crippen molar-refractivity contribution in [3.63, 3.8) is 0 Å². The smallest absolute Gasteiger partial charge is 0.132 e. The van der Waals surface area contributed by atoms with E-state index in [4.69, 9.17) is 5.73 Å². The van der Waals surface area contributed by atoms with E-state index < -0.39 is 0 Å². The fourth-order valence-corrected chi connectivity index (χ4v) is 1.94. The van der Waals surface area contributed by atoms with E-state index in [1.165, 1.54) is 0 Å². The van der Waals surface area contributed by atoms with Gasteiger partial charge in [0.1, 0.15) is 5.82 Å². The Kier molecular flexibility index (Phi) is 5.59. The van der Waals surface area contributed by atoms with Crippen molar-refractivity contribution >= 4 is 0 Å². The third kappa shape index (κ3) is 3.79. The van der Waals surface area contributed by atoms with Gasteiger partial charge in [0.2, 0.25) is 0 Å². The molecule has 0 saturated heterocycles. The first-order valence-electron chi connectivity index (χ1n) is 6.30. The van der Waals surface area contributed by atoms with E-state index in [0.29, 0.717) is 18.2 Å². The summed E-state index contributed by atoms with van der Waals surface area (Å²) in [6, 6.07) is 5.90. The van der Waals surface area contributed by atoms with Gasteiger partial charge in [0, 0.05) is 30.3 Å². The van der Waals surface area contributed by atoms with E-state index in [-0.39, 0.29) is 12.4 Å². The third-order valence-electron chi connectivity index (χ3n) is 2.99. The molecule has 0 amide bonds. The van der Waals surface area contributed by atoms with Crippen LogP contribution in [0.25, 0.3) is 0 Å². The summed E-state index contributed by atoms with van der Waals surface area (Å²) in [6.07, 6.45) is 1.08. The third-order valence-corrected chi connectivity index (χ3v) is 2.99. The van der Waals surface area contributed by atoms with E-state index in [2.05, 4.69) is 25.7 Å². The molecule has 0 fully saturated rings. The van der Waals surface area contributed by atoms with Crippen LogP contribution in [0.2, 0.25) is 0 Å². The summed E-state index contributed by atoms with van der Waals surface area (Å²) < 4.78 is 14.0. The summed E-state index contributed by atoms with van der Waals surface area (Å²) in [5.41, 5.74) is 6.86. The average Bonchev–Trinajstić information content (AvgIpc) is 2.30. The number of benzene rings is 1. The van der Waals surface area contributed by atoms with Gasteiger partial charge in [-0.1, -0.05) is 25.1 Å². The zero-order valence-corrected chi connectivity index (χ0v) is 11.0. The van der Waals surface area contributed by atoms with Gasteiger partial charge < -0.3 is 5.73 Å². The van der Waals surface area contributed by atoms with Gasteiger partial charge in [-0.15, -0.1) is 0 Å². The van der Waals surface area contributed by atoms with Crippen LogP contribution in [0.3, 0.4) is 0 Å². The standard InChI is InChI=1S/C14H23FN2/c1-4-8-17(11(2)3)10-13-7-5-6-12(9-16)14(13)15/h5-7,11H,4,8-10,16H2,1-3H3. The SMILES string of the molecule is CCCN(Cc1cccc(CN)c1F)C(C)C. The Morgan fingerprint density at radius 2 is 1.94 bits per heavy atom. The summed E-state index contributed by atoms with van der Waals surface area (Å²) in [5, 5.41) is 0. The zero-order valence-electron chi connectivity index (χ0n) is 11.0. The quantitative estimate of drug-likeness (QED) is 0.825. The second-order valence-corrected chi connectivity index (χ2v) is 4.66. The topological polar surface area (TPSA) is 29.3 Å². The molecule has 0 aliphatic carbocycles. The predicted molar refractivity (Wildman–Crippen MR) is 70.1 cm³/mol. The molecule has 0 heterocycles. The average molecular weight is 238 g/mol. The Hall–Kier alpha value is -0.930. The Bertz CT molecular complexity index is 350. The van der Waals surface area contributed by atoms with Crippen molar-refractivity contribution in [1.82, 2.24) is 4.90 Å². The molecular weight excluding hydrogens is 215 g/mol. The van der Waals surface area contributed by atoms with Gasteiger partial charge in [-0.2, -0.15) is 0 Å². The van der Waals surface area contributed by atoms with Crippen LogP contribution in [0.1, 0.15) is 38.3 Å². The largest absolute Gasteiger partial charge is 0.326 e. The Balaban J connectivity index is 2.85. The summed E-state index contributed by atoms with van der Waals surface area (Å²) >= 11 is 0. The fraction of sp³-hybridized carbons (Fsp3) is 0.571. The molecular formula is C14H23FN2. The van der Waals surface area contributed by atoms with Crippen molar-refractivity contribution in [1.29, 1.82) is 0 Å². The van der Waals surface area contributed by atoms with E-state index in [1.54, 1.807) is 6.07 Å². The van der Waals surface area contributed by atoms with Crippen molar-refractivity contribution < 1.29 is 4.39 Å². The van der Waals surface area contributed by atoms with E-state index in [9.17, 15) is 4.39 Å². The highest BCUT2D eigenvalue weighted by atomic mass is 19.1. The van der Waals surface area contributed by atoms with Crippen LogP contribution in [0.4, 0.5) is 4.39 Å². The van der Waals surface area contributed by atoms with Crippen LogP contribution in [0, 0.1) is 5.82 Å². The molecule has 0 aromatic heterocycles. The lowest BCUT2D eigenvalue weighted by molar-refractivity contribution is 0.210. The summed E-state index contributed by atoms with van der Waals surface area (Å²) in [4.78, 5) is 2.28. The molecule has 17 heavy (non-hydrogen) atoms. The van der Waals surface area contributed by atoms with Crippen molar-refractivity contribution in [2.45, 2.75) is 46.3 Å². The molecule has 0 unspecified atom stereocenters. The Morgan fingerprint density at radius 1 is 1.29 bits per heavy atom. The first-order chi connectivity index (χ1) is 8.10. The zero-order chi connectivity index (χ0) is 12.8. The monoisotopic (exact) mass is 238 g/mol. The first-order valence-corrected chi connectivity index (χ1v) is 6.30. The molecule has 96 valence electrons. The lowest BCUT2D eigenvalue weighted by Crippen LogP contribution is -2.31. The summed E-state index contributed by atoms with van der Waals surface area (Å²) in [7, 11) is 0. The van der Waals surface area contributed by atoms with Gasteiger partial charge in [-0.25, -0.2) is 4.39 Å². The van der Waals surface area contributed by atoms with Crippen molar-refractivity contribution in [2.24, 2.45) is 5.73 Å². The molecule has 1 aromatic rings. The molecule has 0 bridgehead atoms. The number of rotatable bonds is 6. The van der Waals surface area contributed by atoms with E-state index in [1.807, 2.05) is 12.1 Å².